The topological polar surface area (TPSA) is 75.2 Å². The summed E-state index contributed by atoms with van der Waals surface area (Å²) in [5.41, 5.74) is 0. The average Bonchev–Trinajstić information content (AvgIpc) is 2.57. The third-order valence-electron chi connectivity index (χ3n) is 2.76. The summed E-state index contributed by atoms with van der Waals surface area (Å²) >= 11 is 5.61. The summed E-state index contributed by atoms with van der Waals surface area (Å²) in [6.45, 7) is 1.10. The Bertz CT molecular complexity index is 500. The number of aromatic nitrogens is 2. The Hall–Kier alpha value is -0.920. The van der Waals surface area contributed by atoms with Gasteiger partial charge in [0.15, 0.2) is 0 Å². The SMILES string of the molecule is O=S(=O)(Nc1ccnc(Cl)n1)N1CCCCCC1. The van der Waals surface area contributed by atoms with Crippen molar-refractivity contribution in [2.45, 2.75) is 25.7 Å². The molecule has 0 radical (unpaired) electrons. The van der Waals surface area contributed by atoms with Gasteiger partial charge in [-0.25, -0.2) is 4.98 Å². The van der Waals surface area contributed by atoms with Crippen molar-refractivity contribution in [2.75, 3.05) is 17.8 Å². The minimum absolute atomic E-state index is 0.0195. The summed E-state index contributed by atoms with van der Waals surface area (Å²) in [5, 5.41) is 0.0195. The minimum Gasteiger partial charge on any atom is -0.254 e. The summed E-state index contributed by atoms with van der Waals surface area (Å²) in [4.78, 5) is 7.52. The van der Waals surface area contributed by atoms with Crippen LogP contribution in [0.2, 0.25) is 5.28 Å². The maximum atomic E-state index is 12.1. The van der Waals surface area contributed by atoms with Gasteiger partial charge in [0.1, 0.15) is 5.82 Å². The van der Waals surface area contributed by atoms with Crippen molar-refractivity contribution in [1.29, 1.82) is 0 Å². The first-order valence-corrected chi connectivity index (χ1v) is 7.66. The third-order valence-corrected chi connectivity index (χ3v) is 4.46. The fourth-order valence-electron chi connectivity index (χ4n) is 1.87. The van der Waals surface area contributed by atoms with E-state index >= 15 is 0 Å². The fraction of sp³-hybridized carbons (Fsp3) is 0.600. The molecule has 2 heterocycles. The molecule has 1 aliphatic rings. The Morgan fingerprint density at radius 3 is 2.50 bits per heavy atom. The highest BCUT2D eigenvalue weighted by molar-refractivity contribution is 7.90. The van der Waals surface area contributed by atoms with Gasteiger partial charge in [-0.05, 0) is 30.5 Å². The Labute approximate surface area is 112 Å². The van der Waals surface area contributed by atoms with E-state index in [1.54, 1.807) is 0 Å². The van der Waals surface area contributed by atoms with Gasteiger partial charge < -0.3 is 0 Å². The second kappa shape index (κ2) is 5.81. The Morgan fingerprint density at radius 1 is 1.22 bits per heavy atom. The fourth-order valence-corrected chi connectivity index (χ4v) is 3.26. The van der Waals surface area contributed by atoms with Crippen molar-refractivity contribution in [2.24, 2.45) is 0 Å². The summed E-state index contributed by atoms with van der Waals surface area (Å²) in [5.74, 6) is 0.194. The molecule has 18 heavy (non-hydrogen) atoms. The Balaban J connectivity index is 2.10. The molecule has 1 N–H and O–H groups in total. The molecule has 100 valence electrons. The highest BCUT2D eigenvalue weighted by atomic mass is 35.5. The quantitative estimate of drug-likeness (QED) is 0.859. The maximum absolute atomic E-state index is 12.1. The van der Waals surface area contributed by atoms with Gasteiger partial charge in [-0.2, -0.15) is 17.7 Å². The van der Waals surface area contributed by atoms with Crippen LogP contribution in [0, 0.1) is 0 Å². The summed E-state index contributed by atoms with van der Waals surface area (Å²) in [7, 11) is -3.54. The third kappa shape index (κ3) is 3.54. The van der Waals surface area contributed by atoms with E-state index in [1.807, 2.05) is 0 Å². The van der Waals surface area contributed by atoms with Gasteiger partial charge in [-0.1, -0.05) is 12.8 Å². The van der Waals surface area contributed by atoms with E-state index in [2.05, 4.69) is 14.7 Å². The molecular formula is C10H15ClN4O2S. The number of anilines is 1. The molecule has 0 aliphatic carbocycles. The normalized spacial score (nSPS) is 18.3. The van der Waals surface area contributed by atoms with Gasteiger partial charge in [-0.15, -0.1) is 0 Å². The van der Waals surface area contributed by atoms with Crippen molar-refractivity contribution in [3.8, 4) is 0 Å². The first-order valence-electron chi connectivity index (χ1n) is 5.84. The molecule has 8 heteroatoms. The standard InChI is InChI=1S/C10H15ClN4O2S/c11-10-12-6-5-9(13-10)14-18(16,17)15-7-3-1-2-4-8-15/h5-6H,1-4,7-8H2,(H,12,13,14). The van der Waals surface area contributed by atoms with Crippen molar-refractivity contribution < 1.29 is 8.42 Å². The van der Waals surface area contributed by atoms with E-state index in [-0.39, 0.29) is 11.1 Å². The molecular weight excluding hydrogens is 276 g/mol. The van der Waals surface area contributed by atoms with Crippen LogP contribution in [0.1, 0.15) is 25.7 Å². The number of rotatable bonds is 3. The molecule has 1 fully saturated rings. The lowest BCUT2D eigenvalue weighted by Gasteiger charge is -2.20. The number of nitrogens with one attached hydrogen (secondary N) is 1. The number of halogens is 1. The maximum Gasteiger partial charge on any atom is 0.302 e. The summed E-state index contributed by atoms with van der Waals surface area (Å²) in [6.07, 6.45) is 5.35. The Kier molecular flexibility index (Phi) is 4.36. The first-order chi connectivity index (χ1) is 8.58. The van der Waals surface area contributed by atoms with E-state index in [4.69, 9.17) is 11.6 Å². The number of hydrogen-bond acceptors (Lipinski definition) is 4. The highest BCUT2D eigenvalue weighted by Gasteiger charge is 2.23. The van der Waals surface area contributed by atoms with Gasteiger partial charge in [0.2, 0.25) is 5.28 Å². The summed E-state index contributed by atoms with van der Waals surface area (Å²) in [6, 6.07) is 1.47. The molecule has 0 aromatic carbocycles. The molecule has 1 saturated heterocycles. The first kappa shape index (κ1) is 13.5. The van der Waals surface area contributed by atoms with Gasteiger partial charge in [-0.3, -0.25) is 4.72 Å². The van der Waals surface area contributed by atoms with Gasteiger partial charge >= 0.3 is 10.2 Å². The van der Waals surface area contributed by atoms with Crippen molar-refractivity contribution >= 4 is 27.6 Å². The zero-order valence-corrected chi connectivity index (χ0v) is 11.4. The van der Waals surface area contributed by atoms with Crippen LogP contribution in [-0.4, -0.2) is 35.8 Å². The van der Waals surface area contributed by atoms with E-state index in [0.717, 1.165) is 25.7 Å². The van der Waals surface area contributed by atoms with Gasteiger partial charge in [0.05, 0.1) is 0 Å². The molecule has 1 aromatic heterocycles. The van der Waals surface area contributed by atoms with E-state index in [9.17, 15) is 8.42 Å². The van der Waals surface area contributed by atoms with Crippen LogP contribution in [0.4, 0.5) is 5.82 Å². The Morgan fingerprint density at radius 2 is 1.89 bits per heavy atom. The predicted molar refractivity (Wildman–Crippen MR) is 69.6 cm³/mol. The zero-order chi connectivity index (χ0) is 13.0. The lowest BCUT2D eigenvalue weighted by molar-refractivity contribution is 0.427. The van der Waals surface area contributed by atoms with Crippen LogP contribution in [-0.2, 0) is 10.2 Å². The van der Waals surface area contributed by atoms with Crippen LogP contribution in [0.3, 0.4) is 0 Å². The van der Waals surface area contributed by atoms with Gasteiger partial charge in [0, 0.05) is 19.3 Å². The molecule has 6 nitrogen and oxygen atoms in total. The summed E-state index contributed by atoms with van der Waals surface area (Å²) < 4.78 is 28.1. The second-order valence-corrected chi connectivity index (χ2v) is 6.14. The van der Waals surface area contributed by atoms with E-state index in [0.29, 0.717) is 13.1 Å². The van der Waals surface area contributed by atoms with E-state index in [1.165, 1.54) is 16.6 Å². The highest BCUT2D eigenvalue weighted by Crippen LogP contribution is 2.15. The molecule has 0 unspecified atom stereocenters. The van der Waals surface area contributed by atoms with Crippen LogP contribution in [0.25, 0.3) is 0 Å². The molecule has 1 aliphatic heterocycles. The van der Waals surface area contributed by atoms with E-state index < -0.39 is 10.2 Å². The van der Waals surface area contributed by atoms with Crippen LogP contribution in [0.15, 0.2) is 12.3 Å². The van der Waals surface area contributed by atoms with Crippen LogP contribution < -0.4 is 4.72 Å². The molecule has 0 saturated carbocycles. The minimum atomic E-state index is -3.54. The largest absolute Gasteiger partial charge is 0.302 e. The van der Waals surface area contributed by atoms with Gasteiger partial charge in [0.25, 0.3) is 0 Å². The molecule has 0 amide bonds. The molecule has 0 spiro atoms. The molecule has 0 bridgehead atoms. The lowest BCUT2D eigenvalue weighted by Crippen LogP contribution is -2.36. The predicted octanol–water partition coefficient (Wildman–Crippen LogP) is 1.66. The van der Waals surface area contributed by atoms with Crippen molar-refractivity contribution in [3.05, 3.63) is 17.5 Å². The molecule has 1 aromatic rings. The average molecular weight is 291 g/mol. The van der Waals surface area contributed by atoms with Crippen molar-refractivity contribution in [1.82, 2.24) is 14.3 Å². The number of nitrogens with zero attached hydrogens (tertiary/aromatic N) is 3. The molecule has 2 rings (SSSR count). The second-order valence-electron chi connectivity index (χ2n) is 4.13. The zero-order valence-electron chi connectivity index (χ0n) is 9.84. The monoisotopic (exact) mass is 290 g/mol. The van der Waals surface area contributed by atoms with Crippen LogP contribution >= 0.6 is 11.6 Å². The smallest absolute Gasteiger partial charge is 0.254 e. The molecule has 0 atom stereocenters. The lowest BCUT2D eigenvalue weighted by atomic mass is 10.2. The van der Waals surface area contributed by atoms with Crippen LogP contribution in [0.5, 0.6) is 0 Å². The van der Waals surface area contributed by atoms with Crippen molar-refractivity contribution in [3.63, 3.8) is 0 Å². The number of hydrogen-bond donors (Lipinski definition) is 1.